The van der Waals surface area contributed by atoms with Gasteiger partial charge in [0.2, 0.25) is 0 Å². The topological polar surface area (TPSA) is 47.0 Å². The van der Waals surface area contributed by atoms with Crippen LogP contribution < -0.4 is 0 Å². The number of hydrogen-bond donors (Lipinski definition) is 0. The van der Waals surface area contributed by atoms with Crippen molar-refractivity contribution in [2.45, 2.75) is 17.2 Å². The average molecular weight is 377 g/mol. The van der Waals surface area contributed by atoms with Crippen molar-refractivity contribution in [3.05, 3.63) is 21.2 Å². The summed E-state index contributed by atoms with van der Waals surface area (Å²) in [6, 6.07) is 1.64. The first-order chi connectivity index (χ1) is 6.89. The molecule has 1 heterocycles. The third-order valence-corrected chi connectivity index (χ3v) is 5.83. The maximum Gasteiger partial charge on any atom is 0.200 e. The van der Waals surface area contributed by atoms with Crippen LogP contribution in [0.4, 0.5) is 0 Å². The molecule has 3 nitrogen and oxygen atoms in total. The van der Waals surface area contributed by atoms with Crippen LogP contribution in [0.3, 0.4) is 0 Å². The number of nitrogens with zero attached hydrogens (tertiary/aromatic N) is 1. The van der Waals surface area contributed by atoms with Crippen molar-refractivity contribution < 1.29 is 8.42 Å². The molecule has 0 bridgehead atoms. The van der Waals surface area contributed by atoms with E-state index < -0.39 is 15.1 Å². The van der Waals surface area contributed by atoms with E-state index in [1.54, 1.807) is 13.0 Å². The van der Waals surface area contributed by atoms with Crippen molar-refractivity contribution in [3.63, 3.8) is 0 Å². The maximum atomic E-state index is 11.9. The number of alkyl halides is 1. The molecule has 0 aliphatic heterocycles. The standard InChI is InChI=1S/C8H8Br2ClNO2S/c1-5(3-11)15(13,14)8-7(10)2-6(9)4-12-8/h2,4-5H,3H2,1H3. The van der Waals surface area contributed by atoms with E-state index in [0.29, 0.717) is 8.95 Å². The molecule has 7 heteroatoms. The van der Waals surface area contributed by atoms with Crippen LogP contribution in [0, 0.1) is 0 Å². The van der Waals surface area contributed by atoms with E-state index in [1.807, 2.05) is 0 Å². The van der Waals surface area contributed by atoms with Crippen molar-refractivity contribution in [3.8, 4) is 0 Å². The van der Waals surface area contributed by atoms with Gasteiger partial charge in [0.15, 0.2) is 14.9 Å². The first-order valence-electron chi connectivity index (χ1n) is 4.00. The molecule has 84 valence electrons. The third-order valence-electron chi connectivity index (χ3n) is 1.79. The van der Waals surface area contributed by atoms with Gasteiger partial charge in [-0.2, -0.15) is 0 Å². The Hall–Kier alpha value is 0.350. The fourth-order valence-corrected chi connectivity index (χ4v) is 4.12. The summed E-state index contributed by atoms with van der Waals surface area (Å²) < 4.78 is 25.0. The smallest absolute Gasteiger partial charge is 0.200 e. The highest BCUT2D eigenvalue weighted by Crippen LogP contribution is 2.26. The zero-order chi connectivity index (χ0) is 11.6. The number of aromatic nitrogens is 1. The largest absolute Gasteiger partial charge is 0.242 e. The van der Waals surface area contributed by atoms with Crippen LogP contribution in [0.5, 0.6) is 0 Å². The number of pyridine rings is 1. The minimum atomic E-state index is -3.45. The predicted molar refractivity (Wildman–Crippen MR) is 67.0 cm³/mol. The van der Waals surface area contributed by atoms with E-state index in [2.05, 4.69) is 36.8 Å². The molecule has 1 aromatic rings. The van der Waals surface area contributed by atoms with E-state index in [9.17, 15) is 8.42 Å². The van der Waals surface area contributed by atoms with Crippen LogP contribution in [-0.2, 0) is 9.84 Å². The Kier molecular flexibility index (Phi) is 4.58. The van der Waals surface area contributed by atoms with Gasteiger partial charge in [0, 0.05) is 16.5 Å². The van der Waals surface area contributed by atoms with Gasteiger partial charge in [-0.15, -0.1) is 11.6 Å². The highest BCUT2D eigenvalue weighted by Gasteiger charge is 2.26. The molecule has 0 radical (unpaired) electrons. The fraction of sp³-hybridized carbons (Fsp3) is 0.375. The minimum Gasteiger partial charge on any atom is -0.242 e. The molecule has 1 rings (SSSR count). The molecule has 15 heavy (non-hydrogen) atoms. The Labute approximate surface area is 110 Å². The lowest BCUT2D eigenvalue weighted by Gasteiger charge is -2.10. The lowest BCUT2D eigenvalue weighted by atomic mass is 10.5. The Morgan fingerprint density at radius 1 is 1.53 bits per heavy atom. The molecule has 0 amide bonds. The van der Waals surface area contributed by atoms with Gasteiger partial charge in [-0.1, -0.05) is 0 Å². The fourth-order valence-electron chi connectivity index (χ4n) is 0.885. The molecule has 1 aromatic heterocycles. The molecule has 0 saturated heterocycles. The zero-order valence-corrected chi connectivity index (χ0v) is 12.5. The summed E-state index contributed by atoms with van der Waals surface area (Å²) in [5.41, 5.74) is 0. The summed E-state index contributed by atoms with van der Waals surface area (Å²) in [6.07, 6.45) is 1.44. The quantitative estimate of drug-likeness (QED) is 0.761. The van der Waals surface area contributed by atoms with Gasteiger partial charge in [-0.05, 0) is 44.8 Å². The van der Waals surface area contributed by atoms with Crippen LogP contribution in [0.2, 0.25) is 0 Å². The van der Waals surface area contributed by atoms with Gasteiger partial charge >= 0.3 is 0 Å². The number of hydrogen-bond acceptors (Lipinski definition) is 3. The molecule has 0 aromatic carbocycles. The van der Waals surface area contributed by atoms with Crippen molar-refractivity contribution in [1.82, 2.24) is 4.98 Å². The lowest BCUT2D eigenvalue weighted by molar-refractivity contribution is 0.583. The zero-order valence-electron chi connectivity index (χ0n) is 7.75. The molecule has 1 atom stereocenters. The summed E-state index contributed by atoms with van der Waals surface area (Å²) in [7, 11) is -3.45. The molecular weight excluding hydrogens is 369 g/mol. The van der Waals surface area contributed by atoms with E-state index >= 15 is 0 Å². The van der Waals surface area contributed by atoms with E-state index in [1.165, 1.54) is 6.20 Å². The SMILES string of the molecule is CC(CCl)S(=O)(=O)c1ncc(Br)cc1Br. The first-order valence-corrected chi connectivity index (χ1v) is 7.67. The first kappa shape index (κ1) is 13.4. The van der Waals surface area contributed by atoms with Gasteiger partial charge in [0.25, 0.3) is 0 Å². The molecule has 1 unspecified atom stereocenters. The summed E-state index contributed by atoms with van der Waals surface area (Å²) in [6.45, 7) is 1.55. The van der Waals surface area contributed by atoms with Crippen molar-refractivity contribution in [2.75, 3.05) is 5.88 Å². The summed E-state index contributed by atoms with van der Waals surface area (Å²) in [4.78, 5) is 3.88. The highest BCUT2D eigenvalue weighted by molar-refractivity contribution is 9.11. The van der Waals surface area contributed by atoms with Crippen LogP contribution in [-0.4, -0.2) is 24.5 Å². The Bertz CT molecular complexity index is 464. The van der Waals surface area contributed by atoms with Gasteiger partial charge in [-0.3, -0.25) is 0 Å². The van der Waals surface area contributed by atoms with Crippen LogP contribution in [0.1, 0.15) is 6.92 Å². The normalized spacial score (nSPS) is 13.9. The Morgan fingerprint density at radius 2 is 2.13 bits per heavy atom. The molecule has 0 aliphatic rings. The molecule has 0 fully saturated rings. The average Bonchev–Trinajstić information content (AvgIpc) is 2.15. The summed E-state index contributed by atoms with van der Waals surface area (Å²) in [5.74, 6) is 0.0481. The summed E-state index contributed by atoms with van der Waals surface area (Å²) >= 11 is 11.9. The third kappa shape index (κ3) is 2.93. The van der Waals surface area contributed by atoms with Crippen molar-refractivity contribution in [1.29, 1.82) is 0 Å². The van der Waals surface area contributed by atoms with Crippen LogP contribution >= 0.6 is 43.5 Å². The number of rotatable bonds is 3. The van der Waals surface area contributed by atoms with E-state index in [4.69, 9.17) is 11.6 Å². The second-order valence-corrected chi connectivity index (χ2v) is 7.31. The van der Waals surface area contributed by atoms with Gasteiger partial charge in [0.05, 0.1) is 9.72 Å². The molecular formula is C8H8Br2ClNO2S. The second-order valence-electron chi connectivity index (χ2n) is 2.95. The van der Waals surface area contributed by atoms with E-state index in [0.717, 1.165) is 0 Å². The lowest BCUT2D eigenvalue weighted by Crippen LogP contribution is -2.21. The van der Waals surface area contributed by atoms with Gasteiger partial charge < -0.3 is 0 Å². The molecule has 0 spiro atoms. The number of sulfone groups is 1. The highest BCUT2D eigenvalue weighted by atomic mass is 79.9. The molecule has 0 aliphatic carbocycles. The van der Waals surface area contributed by atoms with Gasteiger partial charge in [0.1, 0.15) is 0 Å². The molecule has 0 N–H and O–H groups in total. The maximum absolute atomic E-state index is 11.9. The van der Waals surface area contributed by atoms with Crippen LogP contribution in [0.15, 0.2) is 26.2 Å². The van der Waals surface area contributed by atoms with E-state index in [-0.39, 0.29) is 10.9 Å². The van der Waals surface area contributed by atoms with Crippen LogP contribution in [0.25, 0.3) is 0 Å². The Balaban J connectivity index is 3.28. The van der Waals surface area contributed by atoms with Gasteiger partial charge in [-0.25, -0.2) is 13.4 Å². The minimum absolute atomic E-state index is 0.0267. The summed E-state index contributed by atoms with van der Waals surface area (Å²) in [5, 5.41) is -0.622. The predicted octanol–water partition coefficient (Wildman–Crippen LogP) is 3.01. The Morgan fingerprint density at radius 3 is 2.60 bits per heavy atom. The van der Waals surface area contributed by atoms with Crippen molar-refractivity contribution >= 4 is 53.3 Å². The monoisotopic (exact) mass is 375 g/mol. The molecule has 0 saturated carbocycles. The number of halogens is 3. The van der Waals surface area contributed by atoms with Crippen molar-refractivity contribution in [2.24, 2.45) is 0 Å². The second kappa shape index (κ2) is 5.12.